The number of carbonyl (C=O) groups excluding carboxylic acids is 1. The molecule has 17 heavy (non-hydrogen) atoms. The summed E-state index contributed by atoms with van der Waals surface area (Å²) < 4.78 is 0. The fourth-order valence-electron chi connectivity index (χ4n) is 2.00. The third kappa shape index (κ3) is 3.00. The Morgan fingerprint density at radius 1 is 1.41 bits per heavy atom. The summed E-state index contributed by atoms with van der Waals surface area (Å²) in [6.45, 7) is 0. The van der Waals surface area contributed by atoms with Gasteiger partial charge in [-0.15, -0.1) is 0 Å². The van der Waals surface area contributed by atoms with Crippen LogP contribution in [0.5, 0.6) is 0 Å². The molecule has 2 rings (SSSR count). The summed E-state index contributed by atoms with van der Waals surface area (Å²) in [6, 6.07) is 3.68. The number of carbonyl (C=O) groups is 1. The first-order chi connectivity index (χ1) is 8.16. The standard InChI is InChI=1S/C12H15N3OS/c13-11(17)8-5-6-10(14-7-8)12(16)15-9-3-1-2-4-9/h5-7,9H,1-4H2,(H2,13,17)(H,15,16). The number of nitrogens with zero attached hydrogens (tertiary/aromatic N) is 1. The van der Waals surface area contributed by atoms with Crippen LogP contribution >= 0.6 is 12.2 Å². The van der Waals surface area contributed by atoms with Gasteiger partial charge in [0.1, 0.15) is 10.7 Å². The second-order valence-corrected chi connectivity index (χ2v) is 4.69. The maximum Gasteiger partial charge on any atom is 0.270 e. The first-order valence-electron chi connectivity index (χ1n) is 5.73. The highest BCUT2D eigenvalue weighted by atomic mass is 32.1. The van der Waals surface area contributed by atoms with E-state index in [9.17, 15) is 4.79 Å². The van der Waals surface area contributed by atoms with Gasteiger partial charge in [-0.2, -0.15) is 0 Å². The Balaban J connectivity index is 2.01. The van der Waals surface area contributed by atoms with Crippen molar-refractivity contribution in [1.29, 1.82) is 0 Å². The van der Waals surface area contributed by atoms with Crippen LogP contribution in [-0.4, -0.2) is 21.9 Å². The lowest BCUT2D eigenvalue weighted by molar-refractivity contribution is 0.0933. The maximum absolute atomic E-state index is 11.8. The Morgan fingerprint density at radius 2 is 2.12 bits per heavy atom. The number of rotatable bonds is 3. The third-order valence-electron chi connectivity index (χ3n) is 2.97. The smallest absolute Gasteiger partial charge is 0.270 e. The van der Waals surface area contributed by atoms with Gasteiger partial charge in [0.2, 0.25) is 0 Å². The van der Waals surface area contributed by atoms with E-state index in [-0.39, 0.29) is 5.91 Å². The molecule has 3 N–H and O–H groups in total. The summed E-state index contributed by atoms with van der Waals surface area (Å²) in [5.41, 5.74) is 6.55. The van der Waals surface area contributed by atoms with E-state index in [4.69, 9.17) is 18.0 Å². The molecule has 0 saturated heterocycles. The van der Waals surface area contributed by atoms with Gasteiger partial charge in [-0.1, -0.05) is 25.1 Å². The molecular weight excluding hydrogens is 234 g/mol. The van der Waals surface area contributed by atoms with Crippen LogP contribution < -0.4 is 11.1 Å². The molecule has 1 heterocycles. The van der Waals surface area contributed by atoms with Gasteiger partial charge in [0.15, 0.2) is 0 Å². The highest BCUT2D eigenvalue weighted by Gasteiger charge is 2.18. The number of hydrogen-bond acceptors (Lipinski definition) is 3. The molecule has 0 spiro atoms. The molecule has 4 nitrogen and oxygen atoms in total. The van der Waals surface area contributed by atoms with Gasteiger partial charge in [0, 0.05) is 17.8 Å². The van der Waals surface area contributed by atoms with E-state index < -0.39 is 0 Å². The Labute approximate surface area is 106 Å². The van der Waals surface area contributed by atoms with Gasteiger partial charge < -0.3 is 11.1 Å². The van der Waals surface area contributed by atoms with Crippen LogP contribution in [-0.2, 0) is 0 Å². The van der Waals surface area contributed by atoms with Crippen LogP contribution in [0.3, 0.4) is 0 Å². The predicted molar refractivity (Wildman–Crippen MR) is 69.8 cm³/mol. The van der Waals surface area contributed by atoms with Gasteiger partial charge >= 0.3 is 0 Å². The Bertz CT molecular complexity index is 424. The summed E-state index contributed by atoms with van der Waals surface area (Å²) in [4.78, 5) is 16.2. The molecule has 0 bridgehead atoms. The molecule has 0 atom stereocenters. The van der Waals surface area contributed by atoms with Crippen LogP contribution in [0.4, 0.5) is 0 Å². The molecule has 0 radical (unpaired) electrons. The molecular formula is C12H15N3OS. The molecule has 90 valence electrons. The van der Waals surface area contributed by atoms with Crippen LogP contribution in [0.1, 0.15) is 41.7 Å². The number of hydrogen-bond donors (Lipinski definition) is 2. The van der Waals surface area contributed by atoms with Gasteiger partial charge in [-0.25, -0.2) is 0 Å². The van der Waals surface area contributed by atoms with Crippen molar-refractivity contribution in [2.75, 3.05) is 0 Å². The predicted octanol–water partition coefficient (Wildman–Crippen LogP) is 1.39. The van der Waals surface area contributed by atoms with E-state index in [1.54, 1.807) is 12.1 Å². The molecule has 1 aliphatic carbocycles. The monoisotopic (exact) mass is 249 g/mol. The van der Waals surface area contributed by atoms with Gasteiger partial charge in [-0.3, -0.25) is 9.78 Å². The highest BCUT2D eigenvalue weighted by molar-refractivity contribution is 7.80. The first kappa shape index (κ1) is 12.0. The first-order valence-corrected chi connectivity index (χ1v) is 6.14. The van der Waals surface area contributed by atoms with Crippen molar-refractivity contribution in [3.05, 3.63) is 29.6 Å². The average molecular weight is 249 g/mol. The summed E-state index contributed by atoms with van der Waals surface area (Å²) >= 11 is 4.82. The molecule has 1 aromatic heterocycles. The number of nitrogens with two attached hydrogens (primary N) is 1. The Kier molecular flexibility index (Phi) is 3.68. The van der Waals surface area contributed by atoms with E-state index in [1.807, 2.05) is 0 Å². The van der Waals surface area contributed by atoms with E-state index in [1.165, 1.54) is 19.0 Å². The van der Waals surface area contributed by atoms with Crippen molar-refractivity contribution in [1.82, 2.24) is 10.3 Å². The lowest BCUT2D eigenvalue weighted by Gasteiger charge is -2.11. The summed E-state index contributed by atoms with van der Waals surface area (Å²) in [5.74, 6) is -0.119. The van der Waals surface area contributed by atoms with Crippen molar-refractivity contribution < 1.29 is 4.79 Å². The van der Waals surface area contributed by atoms with Crippen LogP contribution in [0, 0.1) is 0 Å². The third-order valence-corrected chi connectivity index (χ3v) is 3.21. The normalized spacial score (nSPS) is 15.8. The van der Waals surface area contributed by atoms with Crippen molar-refractivity contribution in [2.24, 2.45) is 5.73 Å². The quantitative estimate of drug-likeness (QED) is 0.794. The molecule has 1 saturated carbocycles. The zero-order chi connectivity index (χ0) is 12.3. The molecule has 1 aliphatic rings. The minimum absolute atomic E-state index is 0.119. The second-order valence-electron chi connectivity index (χ2n) is 4.25. The molecule has 0 aromatic carbocycles. The lowest BCUT2D eigenvalue weighted by atomic mass is 10.2. The average Bonchev–Trinajstić information content (AvgIpc) is 2.82. The minimum Gasteiger partial charge on any atom is -0.389 e. The van der Waals surface area contributed by atoms with Crippen molar-refractivity contribution in [2.45, 2.75) is 31.7 Å². The SMILES string of the molecule is NC(=S)c1ccc(C(=O)NC2CCCC2)nc1. The van der Waals surface area contributed by atoms with Gasteiger partial charge in [-0.05, 0) is 25.0 Å². The highest BCUT2D eigenvalue weighted by Crippen LogP contribution is 2.17. The number of aromatic nitrogens is 1. The van der Waals surface area contributed by atoms with Crippen molar-refractivity contribution >= 4 is 23.1 Å². The molecule has 1 amide bonds. The van der Waals surface area contributed by atoms with Crippen LogP contribution in [0.15, 0.2) is 18.3 Å². The zero-order valence-electron chi connectivity index (χ0n) is 9.48. The van der Waals surface area contributed by atoms with E-state index in [0.717, 1.165) is 12.8 Å². The lowest BCUT2D eigenvalue weighted by Crippen LogP contribution is -2.33. The topological polar surface area (TPSA) is 68.0 Å². The molecule has 5 heteroatoms. The number of nitrogens with one attached hydrogen (secondary N) is 1. The fraction of sp³-hybridized carbons (Fsp3) is 0.417. The number of amides is 1. The maximum atomic E-state index is 11.8. The zero-order valence-corrected chi connectivity index (χ0v) is 10.3. The molecule has 0 unspecified atom stereocenters. The fourth-order valence-corrected chi connectivity index (χ4v) is 2.12. The minimum atomic E-state index is -0.119. The molecule has 1 aromatic rings. The van der Waals surface area contributed by atoms with Gasteiger partial charge in [0.25, 0.3) is 5.91 Å². The molecule has 1 fully saturated rings. The van der Waals surface area contributed by atoms with E-state index >= 15 is 0 Å². The Morgan fingerprint density at radius 3 is 2.65 bits per heavy atom. The van der Waals surface area contributed by atoms with Crippen molar-refractivity contribution in [3.8, 4) is 0 Å². The van der Waals surface area contributed by atoms with Crippen LogP contribution in [0.25, 0.3) is 0 Å². The molecule has 0 aliphatic heterocycles. The van der Waals surface area contributed by atoms with E-state index in [0.29, 0.717) is 22.3 Å². The summed E-state index contributed by atoms with van der Waals surface area (Å²) in [7, 11) is 0. The summed E-state index contributed by atoms with van der Waals surface area (Å²) in [6.07, 6.45) is 6.05. The van der Waals surface area contributed by atoms with E-state index in [2.05, 4.69) is 10.3 Å². The van der Waals surface area contributed by atoms with Crippen LogP contribution in [0.2, 0.25) is 0 Å². The second kappa shape index (κ2) is 5.23. The van der Waals surface area contributed by atoms with Crippen molar-refractivity contribution in [3.63, 3.8) is 0 Å². The van der Waals surface area contributed by atoms with Gasteiger partial charge in [0.05, 0.1) is 0 Å². The largest absolute Gasteiger partial charge is 0.389 e. The summed E-state index contributed by atoms with van der Waals surface area (Å²) in [5, 5.41) is 2.98. The number of pyridine rings is 1. The number of thiocarbonyl (C=S) groups is 1. The Hall–Kier alpha value is -1.49.